The Morgan fingerprint density at radius 2 is 1.46 bits per heavy atom. The number of rotatable bonds is 7. The summed E-state index contributed by atoms with van der Waals surface area (Å²) in [5.41, 5.74) is 0. The molecular weight excluding hydrogens is 480 g/mol. The van der Waals surface area contributed by atoms with E-state index >= 15 is 0 Å². The van der Waals surface area contributed by atoms with Crippen LogP contribution in [-0.2, 0) is 14.1 Å². The molecule has 1 atom stereocenters. The van der Waals surface area contributed by atoms with Gasteiger partial charge in [-0.25, -0.2) is 17.7 Å². The van der Waals surface area contributed by atoms with Crippen LogP contribution in [0.15, 0.2) is 28.7 Å². The average Bonchev–Trinajstić information content (AvgIpc) is 2.68. The van der Waals surface area contributed by atoms with Crippen LogP contribution in [0.5, 0.6) is 11.5 Å². The smallest absolute Gasteiger partial charge is 0.468 e. The molecule has 152 valence electrons. The van der Waals surface area contributed by atoms with E-state index in [-0.39, 0.29) is 5.75 Å². The van der Waals surface area contributed by atoms with Gasteiger partial charge in [0.15, 0.2) is 0 Å². The zero-order valence-electron chi connectivity index (χ0n) is 13.8. The van der Waals surface area contributed by atoms with Crippen LogP contribution in [0.3, 0.4) is 0 Å². The molecule has 2 rings (SSSR count). The van der Waals surface area contributed by atoms with Gasteiger partial charge in [-0.05, 0) is 24.3 Å². The fourth-order valence-corrected chi connectivity index (χ4v) is 3.29. The summed E-state index contributed by atoms with van der Waals surface area (Å²) < 4.78 is 94.8. The number of nitrogens with one attached hydrogen (secondary N) is 1. The Hall–Kier alpha value is -2.17. The van der Waals surface area contributed by atoms with Crippen LogP contribution in [0.2, 0.25) is 0 Å². The van der Waals surface area contributed by atoms with Gasteiger partial charge in [-0.2, -0.15) is 13.9 Å². The molecule has 0 saturated heterocycles. The zero-order valence-corrected chi connectivity index (χ0v) is 16.3. The number of halogens is 6. The summed E-state index contributed by atoms with van der Waals surface area (Å²) in [6, 6.07) is 5.41. The number of benzene rings is 2. The summed E-state index contributed by atoms with van der Waals surface area (Å²) in [5, 5.41) is 1.92. The van der Waals surface area contributed by atoms with Crippen molar-refractivity contribution in [1.29, 1.82) is 0 Å². The van der Waals surface area contributed by atoms with Crippen molar-refractivity contribution >= 4 is 29.6 Å². The van der Waals surface area contributed by atoms with E-state index in [4.69, 9.17) is 4.52 Å². The van der Waals surface area contributed by atoms with Gasteiger partial charge in [0.25, 0.3) is 0 Å². The van der Waals surface area contributed by atoms with Crippen molar-refractivity contribution in [3.05, 3.63) is 57.8 Å². The Morgan fingerprint density at radius 1 is 0.964 bits per heavy atom. The van der Waals surface area contributed by atoms with Gasteiger partial charge >= 0.3 is 13.7 Å². The second-order valence-electron chi connectivity index (χ2n) is 4.94. The number of hydrogen-bond donors (Lipinski definition) is 1. The molecule has 0 aliphatic heterocycles. The van der Waals surface area contributed by atoms with E-state index in [1.54, 1.807) is 0 Å². The van der Waals surface area contributed by atoms with Crippen molar-refractivity contribution in [2.75, 3.05) is 13.7 Å². The maximum Gasteiger partial charge on any atom is 0.513 e. The van der Waals surface area contributed by atoms with E-state index < -0.39 is 55.1 Å². The minimum atomic E-state index is -4.86. The number of methoxy groups -OCH3 is 1. The lowest BCUT2D eigenvalue weighted by molar-refractivity contribution is -0.139. The van der Waals surface area contributed by atoms with Crippen LogP contribution in [0.4, 0.5) is 22.0 Å². The normalized spacial score (nSPS) is 13.0. The molecule has 0 saturated carbocycles. The maximum absolute atomic E-state index is 13.8. The van der Waals surface area contributed by atoms with Crippen LogP contribution in [0.25, 0.3) is 0 Å². The topological polar surface area (TPSA) is 73.9 Å². The minimum absolute atomic E-state index is 0.159. The van der Waals surface area contributed by atoms with E-state index in [9.17, 15) is 31.3 Å². The van der Waals surface area contributed by atoms with E-state index in [0.29, 0.717) is 4.47 Å². The molecule has 0 amide bonds. The lowest BCUT2D eigenvalue weighted by Crippen LogP contribution is -2.26. The fraction of sp³-hybridized carbons (Fsp3) is 0.133. The first-order chi connectivity index (χ1) is 13.1. The molecule has 0 radical (unpaired) electrons. The van der Waals surface area contributed by atoms with Gasteiger partial charge in [-0.3, -0.25) is 4.79 Å². The molecule has 0 spiro atoms. The summed E-state index contributed by atoms with van der Waals surface area (Å²) in [4.78, 5) is 11.3. The highest BCUT2D eigenvalue weighted by Crippen LogP contribution is 2.47. The lowest BCUT2D eigenvalue weighted by Gasteiger charge is -2.21. The van der Waals surface area contributed by atoms with Crippen molar-refractivity contribution in [3.63, 3.8) is 0 Å². The molecule has 0 bridgehead atoms. The summed E-state index contributed by atoms with van der Waals surface area (Å²) >= 11 is 3.13. The summed E-state index contributed by atoms with van der Waals surface area (Å²) in [7, 11) is -3.86. The van der Waals surface area contributed by atoms with Gasteiger partial charge in [-0.15, -0.1) is 0 Å². The predicted octanol–water partition coefficient (Wildman–Crippen LogP) is 4.47. The quantitative estimate of drug-likeness (QED) is 0.203. The molecular formula is C15H10BrF5NO5P. The Balaban J connectivity index is 2.43. The number of hydrogen-bond acceptors (Lipinski definition) is 5. The lowest BCUT2D eigenvalue weighted by atomic mass is 10.3. The fourth-order valence-electron chi connectivity index (χ4n) is 1.74. The maximum atomic E-state index is 13.8. The molecule has 2 aromatic rings. The van der Waals surface area contributed by atoms with Gasteiger partial charge < -0.3 is 13.8 Å². The van der Waals surface area contributed by atoms with Crippen molar-refractivity contribution in [1.82, 2.24) is 5.09 Å². The van der Waals surface area contributed by atoms with E-state index in [0.717, 1.165) is 7.11 Å². The van der Waals surface area contributed by atoms with Crippen molar-refractivity contribution < 1.29 is 45.1 Å². The summed E-state index contributed by atoms with van der Waals surface area (Å²) in [6.45, 7) is -0.820. The van der Waals surface area contributed by atoms with Gasteiger partial charge in [0, 0.05) is 4.47 Å². The molecule has 6 nitrogen and oxygen atoms in total. The highest BCUT2D eigenvalue weighted by molar-refractivity contribution is 9.10. The Bertz CT molecular complexity index is 914. The molecule has 0 fully saturated rings. The van der Waals surface area contributed by atoms with Crippen LogP contribution in [-0.4, -0.2) is 19.6 Å². The first-order valence-corrected chi connectivity index (χ1v) is 9.49. The second kappa shape index (κ2) is 8.89. The van der Waals surface area contributed by atoms with Gasteiger partial charge in [-0.1, -0.05) is 15.9 Å². The molecule has 0 aliphatic carbocycles. The van der Waals surface area contributed by atoms with E-state index in [2.05, 4.69) is 25.2 Å². The SMILES string of the molecule is COC(=O)CNP(=O)(Oc1ccc(Br)cc1)Oc1c(F)c(F)c(F)c(F)c1F. The summed E-state index contributed by atoms with van der Waals surface area (Å²) in [6.07, 6.45) is 0. The number of ether oxygens (including phenoxy) is 1. The molecule has 0 heterocycles. The average molecular weight is 490 g/mol. The number of carbonyl (C=O) groups is 1. The molecule has 0 aliphatic rings. The zero-order chi connectivity index (χ0) is 21.1. The largest absolute Gasteiger partial charge is 0.513 e. The van der Waals surface area contributed by atoms with Crippen LogP contribution < -0.4 is 14.1 Å². The second-order valence-corrected chi connectivity index (χ2v) is 7.54. The van der Waals surface area contributed by atoms with Gasteiger partial charge in [0.05, 0.1) is 7.11 Å². The van der Waals surface area contributed by atoms with E-state index in [1.807, 2.05) is 5.09 Å². The number of esters is 1. The van der Waals surface area contributed by atoms with Crippen molar-refractivity contribution in [2.45, 2.75) is 0 Å². The standard InChI is InChI=1S/C15H10BrF5NO5P/c1-25-9(23)6-22-28(24,26-8-4-2-7(16)3-5-8)27-15-13(20)11(18)10(17)12(19)14(15)21/h2-5H,6H2,1H3,(H,22,24). The highest BCUT2D eigenvalue weighted by atomic mass is 79.9. The monoisotopic (exact) mass is 489 g/mol. The van der Waals surface area contributed by atoms with Crippen LogP contribution in [0, 0.1) is 29.1 Å². The Morgan fingerprint density at radius 3 is 1.96 bits per heavy atom. The molecule has 1 unspecified atom stereocenters. The minimum Gasteiger partial charge on any atom is -0.468 e. The van der Waals surface area contributed by atoms with Crippen molar-refractivity contribution in [2.24, 2.45) is 0 Å². The van der Waals surface area contributed by atoms with Gasteiger partial charge in [0.1, 0.15) is 12.3 Å². The first kappa shape index (κ1) is 22.1. The third kappa shape index (κ3) is 5.00. The van der Waals surface area contributed by atoms with Crippen molar-refractivity contribution in [3.8, 4) is 11.5 Å². The third-order valence-corrected chi connectivity index (χ3v) is 5.01. The number of carbonyl (C=O) groups excluding carboxylic acids is 1. The van der Waals surface area contributed by atoms with Crippen LogP contribution >= 0.6 is 23.7 Å². The molecule has 1 N–H and O–H groups in total. The third-order valence-electron chi connectivity index (χ3n) is 3.06. The molecule has 0 aromatic heterocycles. The predicted molar refractivity (Wildman–Crippen MR) is 89.3 cm³/mol. The molecule has 13 heteroatoms. The Kier molecular flexibility index (Phi) is 7.02. The molecule has 2 aromatic carbocycles. The summed E-state index contributed by atoms with van der Waals surface area (Å²) in [5.74, 6) is -14.7. The molecule has 28 heavy (non-hydrogen) atoms. The first-order valence-electron chi connectivity index (χ1n) is 7.16. The Labute approximate surface area is 163 Å². The van der Waals surface area contributed by atoms with E-state index in [1.165, 1.54) is 24.3 Å². The van der Waals surface area contributed by atoms with Gasteiger partial charge in [0.2, 0.25) is 34.8 Å². The van der Waals surface area contributed by atoms with Crippen LogP contribution in [0.1, 0.15) is 0 Å². The highest BCUT2D eigenvalue weighted by Gasteiger charge is 2.36.